The second-order valence-corrected chi connectivity index (χ2v) is 7.48. The van der Waals surface area contributed by atoms with E-state index in [9.17, 15) is 19.2 Å². The van der Waals surface area contributed by atoms with Gasteiger partial charge in [-0.25, -0.2) is 4.79 Å². The summed E-state index contributed by atoms with van der Waals surface area (Å²) in [5, 5.41) is 24.8. The first-order valence-corrected chi connectivity index (χ1v) is 10.7. The van der Waals surface area contributed by atoms with Gasteiger partial charge in [0.15, 0.2) is 0 Å². The average Bonchev–Trinajstić information content (AvgIpc) is 2.73. The van der Waals surface area contributed by atoms with Gasteiger partial charge < -0.3 is 31.9 Å². The number of thioether (sulfide) groups is 1. The Kier molecular flexibility index (Phi) is 11.5. The Hall–Kier alpha value is -2.63. The lowest BCUT2D eigenvalue weighted by atomic mass is 10.1. The fraction of sp³-hybridized carbons (Fsp3) is 0.474. The van der Waals surface area contributed by atoms with Gasteiger partial charge in [0.25, 0.3) is 0 Å². The van der Waals surface area contributed by atoms with Crippen molar-refractivity contribution in [2.24, 2.45) is 5.73 Å². The molecule has 0 fully saturated rings. The Morgan fingerprint density at radius 1 is 1.07 bits per heavy atom. The van der Waals surface area contributed by atoms with Crippen LogP contribution in [0.4, 0.5) is 0 Å². The van der Waals surface area contributed by atoms with Gasteiger partial charge in [-0.2, -0.15) is 11.8 Å². The highest BCUT2D eigenvalue weighted by Crippen LogP contribution is 2.04. The number of aliphatic hydroxyl groups is 1. The molecule has 0 heterocycles. The first-order valence-electron chi connectivity index (χ1n) is 9.28. The van der Waals surface area contributed by atoms with Gasteiger partial charge in [-0.15, -0.1) is 0 Å². The molecule has 0 aliphatic carbocycles. The van der Waals surface area contributed by atoms with Crippen LogP contribution < -0.4 is 21.7 Å². The van der Waals surface area contributed by atoms with Crippen LogP contribution in [-0.2, 0) is 25.6 Å². The largest absolute Gasteiger partial charge is 0.480 e. The maximum atomic E-state index is 12.4. The van der Waals surface area contributed by atoms with Crippen molar-refractivity contribution in [2.45, 2.75) is 31.0 Å². The number of carbonyl (C=O) groups is 4. The summed E-state index contributed by atoms with van der Waals surface area (Å²) < 4.78 is 0. The Bertz CT molecular complexity index is 718. The molecule has 0 radical (unpaired) electrons. The maximum Gasteiger partial charge on any atom is 0.328 e. The van der Waals surface area contributed by atoms with Crippen LogP contribution in [0.15, 0.2) is 30.3 Å². The molecule has 0 saturated carbocycles. The standard InChI is InChI=1S/C19H28N4O6S/c1-30-8-7-14(18(27)21-10-16(25)22-15(11-24)19(28)29)23-17(26)13(20)9-12-5-3-2-4-6-12/h2-6,13-15,24H,7-11,20H2,1H3,(H,21,27)(H,22,25)(H,23,26)(H,28,29). The van der Waals surface area contributed by atoms with Gasteiger partial charge in [0.2, 0.25) is 17.7 Å². The number of amides is 3. The van der Waals surface area contributed by atoms with Crippen LogP contribution in [0.3, 0.4) is 0 Å². The van der Waals surface area contributed by atoms with Gasteiger partial charge in [0, 0.05) is 0 Å². The minimum absolute atomic E-state index is 0.309. The van der Waals surface area contributed by atoms with Gasteiger partial charge in [0.05, 0.1) is 19.2 Å². The van der Waals surface area contributed by atoms with Crippen molar-refractivity contribution >= 4 is 35.5 Å². The van der Waals surface area contributed by atoms with E-state index in [1.165, 1.54) is 11.8 Å². The molecule has 30 heavy (non-hydrogen) atoms. The molecule has 3 unspecified atom stereocenters. The SMILES string of the molecule is CSCCC(NC(=O)C(N)Cc1ccccc1)C(=O)NCC(=O)NC(CO)C(=O)O. The summed E-state index contributed by atoms with van der Waals surface area (Å²) >= 11 is 1.49. The Morgan fingerprint density at radius 3 is 2.30 bits per heavy atom. The van der Waals surface area contributed by atoms with E-state index in [4.69, 9.17) is 15.9 Å². The number of rotatable bonds is 13. The third-order valence-electron chi connectivity index (χ3n) is 4.12. The average molecular weight is 441 g/mol. The van der Waals surface area contributed by atoms with Crippen molar-refractivity contribution in [3.05, 3.63) is 35.9 Å². The summed E-state index contributed by atoms with van der Waals surface area (Å²) in [6, 6.07) is 6.02. The molecule has 11 heteroatoms. The lowest BCUT2D eigenvalue weighted by Crippen LogP contribution is -2.54. The third-order valence-corrected chi connectivity index (χ3v) is 4.76. The van der Waals surface area contributed by atoms with Crippen molar-refractivity contribution in [1.82, 2.24) is 16.0 Å². The summed E-state index contributed by atoms with van der Waals surface area (Å²) in [5.74, 6) is -2.66. The predicted octanol–water partition coefficient (Wildman–Crippen LogP) is -1.53. The van der Waals surface area contributed by atoms with E-state index in [0.717, 1.165) is 5.56 Å². The molecule has 3 amide bonds. The number of carboxylic acid groups (broad SMARTS) is 1. The van der Waals surface area contributed by atoms with Gasteiger partial charge in [-0.3, -0.25) is 14.4 Å². The number of carbonyl (C=O) groups excluding carboxylic acids is 3. The molecule has 0 aromatic heterocycles. The van der Waals surface area contributed by atoms with Crippen molar-refractivity contribution in [3.63, 3.8) is 0 Å². The van der Waals surface area contributed by atoms with E-state index in [1.54, 1.807) is 0 Å². The van der Waals surface area contributed by atoms with Gasteiger partial charge >= 0.3 is 5.97 Å². The fourth-order valence-electron chi connectivity index (χ4n) is 2.47. The van der Waals surface area contributed by atoms with Crippen molar-refractivity contribution in [1.29, 1.82) is 0 Å². The predicted molar refractivity (Wildman–Crippen MR) is 113 cm³/mol. The first-order chi connectivity index (χ1) is 14.3. The molecule has 1 rings (SSSR count). The lowest BCUT2D eigenvalue weighted by Gasteiger charge is -2.21. The number of hydrogen-bond acceptors (Lipinski definition) is 7. The molecule has 0 aliphatic heterocycles. The van der Waals surface area contributed by atoms with Crippen molar-refractivity contribution in [2.75, 3.05) is 25.2 Å². The minimum atomic E-state index is -1.46. The number of nitrogens with two attached hydrogens (primary N) is 1. The zero-order valence-corrected chi connectivity index (χ0v) is 17.5. The van der Waals surface area contributed by atoms with Gasteiger partial charge in [0.1, 0.15) is 12.1 Å². The molecule has 0 bridgehead atoms. The Balaban J connectivity index is 2.61. The molecule has 0 aliphatic rings. The molecule has 166 valence electrons. The molecule has 7 N–H and O–H groups in total. The second-order valence-electron chi connectivity index (χ2n) is 6.50. The molecule has 1 aromatic carbocycles. The van der Waals surface area contributed by atoms with Crippen LogP contribution >= 0.6 is 11.8 Å². The lowest BCUT2D eigenvalue weighted by molar-refractivity contribution is -0.142. The maximum absolute atomic E-state index is 12.4. The zero-order chi connectivity index (χ0) is 22.5. The minimum Gasteiger partial charge on any atom is -0.480 e. The second kappa shape index (κ2) is 13.6. The monoisotopic (exact) mass is 440 g/mol. The molecule has 1 aromatic rings. The summed E-state index contributed by atoms with van der Waals surface area (Å²) in [7, 11) is 0. The third kappa shape index (κ3) is 9.25. The molecular weight excluding hydrogens is 412 g/mol. The summed E-state index contributed by atoms with van der Waals surface area (Å²) in [4.78, 5) is 47.5. The van der Waals surface area contributed by atoms with Crippen LogP contribution in [0.1, 0.15) is 12.0 Å². The molecule has 10 nitrogen and oxygen atoms in total. The van der Waals surface area contributed by atoms with Gasteiger partial charge in [-0.05, 0) is 30.4 Å². The fourth-order valence-corrected chi connectivity index (χ4v) is 2.94. The van der Waals surface area contributed by atoms with E-state index in [0.29, 0.717) is 18.6 Å². The molecular formula is C19H28N4O6S. The van der Waals surface area contributed by atoms with Crippen molar-refractivity contribution < 1.29 is 29.4 Å². The Labute approximate surface area is 179 Å². The highest BCUT2D eigenvalue weighted by Gasteiger charge is 2.25. The topological polar surface area (TPSA) is 171 Å². The number of aliphatic carboxylic acids is 1. The summed E-state index contributed by atoms with van der Waals surface area (Å²) in [6.45, 7) is -1.27. The molecule has 0 saturated heterocycles. The highest BCUT2D eigenvalue weighted by molar-refractivity contribution is 7.98. The van der Waals surface area contributed by atoms with E-state index in [1.807, 2.05) is 36.6 Å². The van der Waals surface area contributed by atoms with Crippen LogP contribution in [-0.4, -0.2) is 77.2 Å². The zero-order valence-electron chi connectivity index (χ0n) is 16.7. The van der Waals surface area contributed by atoms with E-state index < -0.39 is 55.0 Å². The van der Waals surface area contributed by atoms with Gasteiger partial charge in [-0.1, -0.05) is 30.3 Å². The smallest absolute Gasteiger partial charge is 0.328 e. The Morgan fingerprint density at radius 2 is 1.73 bits per heavy atom. The number of nitrogens with one attached hydrogen (secondary N) is 3. The van der Waals surface area contributed by atoms with Crippen LogP contribution in [0.2, 0.25) is 0 Å². The molecule has 3 atom stereocenters. The van der Waals surface area contributed by atoms with Crippen molar-refractivity contribution in [3.8, 4) is 0 Å². The quantitative estimate of drug-likeness (QED) is 0.214. The highest BCUT2D eigenvalue weighted by atomic mass is 32.2. The first kappa shape index (κ1) is 25.4. The van der Waals surface area contributed by atoms with E-state index in [-0.39, 0.29) is 0 Å². The van der Waals surface area contributed by atoms with Crippen LogP contribution in [0, 0.1) is 0 Å². The van der Waals surface area contributed by atoms with E-state index >= 15 is 0 Å². The normalized spacial score (nSPS) is 13.6. The van der Waals surface area contributed by atoms with Crippen LogP contribution in [0.25, 0.3) is 0 Å². The van der Waals surface area contributed by atoms with E-state index in [2.05, 4.69) is 16.0 Å². The summed E-state index contributed by atoms with van der Waals surface area (Å²) in [6.07, 6.45) is 2.49. The number of carboxylic acids is 1. The molecule has 0 spiro atoms. The number of aliphatic hydroxyl groups excluding tert-OH is 1. The number of benzene rings is 1. The van der Waals surface area contributed by atoms with Crippen LogP contribution in [0.5, 0.6) is 0 Å². The summed E-state index contributed by atoms with van der Waals surface area (Å²) in [5.41, 5.74) is 6.84. The number of hydrogen-bond donors (Lipinski definition) is 6.